The fraction of sp³-hybridized carbons (Fsp3) is 1.00. The summed E-state index contributed by atoms with van der Waals surface area (Å²) in [5.41, 5.74) is 0. The maximum atomic E-state index is 5.10. The molecule has 0 aromatic carbocycles. The molecule has 0 aromatic rings. The quantitative estimate of drug-likeness (QED) is 0.606. The van der Waals surface area contributed by atoms with Gasteiger partial charge in [0.15, 0.2) is 0 Å². The molecule has 1 aliphatic rings. The zero-order valence-corrected chi connectivity index (χ0v) is 9.88. The minimum atomic E-state index is 0.711. The summed E-state index contributed by atoms with van der Waals surface area (Å²) in [4.78, 5) is 0. The average molecular weight is 199 g/mol. The van der Waals surface area contributed by atoms with Crippen LogP contribution in [0.1, 0.15) is 39.5 Å². The van der Waals surface area contributed by atoms with Crippen molar-refractivity contribution in [2.24, 2.45) is 11.8 Å². The Hall–Kier alpha value is -0.0800. The van der Waals surface area contributed by atoms with Crippen LogP contribution in [0.4, 0.5) is 0 Å². The summed E-state index contributed by atoms with van der Waals surface area (Å²) in [5, 5.41) is 3.61. The van der Waals surface area contributed by atoms with Crippen molar-refractivity contribution < 1.29 is 4.74 Å². The number of rotatable bonds is 8. The molecule has 14 heavy (non-hydrogen) atoms. The highest BCUT2D eigenvalue weighted by molar-refractivity contribution is 4.86. The van der Waals surface area contributed by atoms with Gasteiger partial charge >= 0.3 is 0 Å². The second kappa shape index (κ2) is 6.41. The van der Waals surface area contributed by atoms with Gasteiger partial charge in [0.1, 0.15) is 0 Å². The van der Waals surface area contributed by atoms with Crippen LogP contribution >= 0.6 is 0 Å². The largest absolute Gasteiger partial charge is 0.385 e. The van der Waals surface area contributed by atoms with E-state index in [4.69, 9.17) is 4.74 Å². The van der Waals surface area contributed by atoms with E-state index >= 15 is 0 Å². The van der Waals surface area contributed by atoms with Crippen LogP contribution in [0, 0.1) is 11.8 Å². The molecule has 0 saturated heterocycles. The lowest BCUT2D eigenvalue weighted by atomic mass is 9.93. The van der Waals surface area contributed by atoms with Gasteiger partial charge in [-0.3, -0.25) is 0 Å². The monoisotopic (exact) mass is 199 g/mol. The van der Waals surface area contributed by atoms with Crippen LogP contribution in [0.15, 0.2) is 0 Å². The number of hydrogen-bond donors (Lipinski definition) is 1. The van der Waals surface area contributed by atoms with E-state index in [0.717, 1.165) is 25.0 Å². The highest BCUT2D eigenvalue weighted by atomic mass is 16.5. The Bertz CT molecular complexity index is 145. The molecular weight excluding hydrogens is 174 g/mol. The normalized spacial score (nSPS) is 20.8. The summed E-state index contributed by atoms with van der Waals surface area (Å²) in [5.74, 6) is 1.86. The third kappa shape index (κ3) is 3.97. The second-order valence-corrected chi connectivity index (χ2v) is 4.50. The molecule has 2 nitrogen and oxygen atoms in total. The maximum Gasteiger partial charge on any atom is 0.0462 e. The van der Waals surface area contributed by atoms with Gasteiger partial charge in [0, 0.05) is 19.8 Å². The Balaban J connectivity index is 2.21. The summed E-state index contributed by atoms with van der Waals surface area (Å²) in [6, 6.07) is 0.711. The van der Waals surface area contributed by atoms with Crippen molar-refractivity contribution in [1.29, 1.82) is 0 Å². The zero-order valence-electron chi connectivity index (χ0n) is 9.88. The van der Waals surface area contributed by atoms with Crippen LogP contribution < -0.4 is 5.32 Å². The van der Waals surface area contributed by atoms with Crippen molar-refractivity contribution in [3.05, 3.63) is 0 Å². The van der Waals surface area contributed by atoms with Crippen LogP contribution in [-0.2, 0) is 4.74 Å². The van der Waals surface area contributed by atoms with E-state index in [9.17, 15) is 0 Å². The first-order valence-electron chi connectivity index (χ1n) is 6.02. The summed E-state index contributed by atoms with van der Waals surface area (Å²) in [6.07, 6.45) is 5.35. The standard InChI is InChI=1S/C12H25NO/c1-4-13-12(6-5-9-14-3)10(2)11-7-8-11/h10-13H,4-9H2,1-3H3. The van der Waals surface area contributed by atoms with Crippen molar-refractivity contribution in [1.82, 2.24) is 5.32 Å². The average Bonchev–Trinajstić information content (AvgIpc) is 2.99. The van der Waals surface area contributed by atoms with Crippen LogP contribution in [0.3, 0.4) is 0 Å². The summed E-state index contributed by atoms with van der Waals surface area (Å²) in [6.45, 7) is 6.59. The van der Waals surface area contributed by atoms with Crippen LogP contribution in [-0.4, -0.2) is 26.3 Å². The predicted octanol–water partition coefficient (Wildman–Crippen LogP) is 2.44. The van der Waals surface area contributed by atoms with Gasteiger partial charge in [0.25, 0.3) is 0 Å². The summed E-state index contributed by atoms with van der Waals surface area (Å²) >= 11 is 0. The molecule has 1 rings (SSSR count). The molecule has 0 amide bonds. The number of nitrogens with one attached hydrogen (secondary N) is 1. The van der Waals surface area contributed by atoms with Crippen LogP contribution in [0.2, 0.25) is 0 Å². The highest BCUT2D eigenvalue weighted by Crippen LogP contribution is 2.38. The SMILES string of the molecule is CCNC(CCCOC)C(C)C1CC1. The number of hydrogen-bond acceptors (Lipinski definition) is 2. The Morgan fingerprint density at radius 1 is 1.43 bits per heavy atom. The molecule has 2 unspecified atom stereocenters. The molecule has 0 aromatic heterocycles. The Morgan fingerprint density at radius 2 is 2.14 bits per heavy atom. The van der Waals surface area contributed by atoms with Crippen LogP contribution in [0.5, 0.6) is 0 Å². The lowest BCUT2D eigenvalue weighted by Gasteiger charge is -2.24. The van der Waals surface area contributed by atoms with Gasteiger partial charge in [-0.15, -0.1) is 0 Å². The van der Waals surface area contributed by atoms with Gasteiger partial charge in [-0.1, -0.05) is 13.8 Å². The van der Waals surface area contributed by atoms with Gasteiger partial charge in [-0.05, 0) is 44.1 Å². The third-order valence-corrected chi connectivity index (χ3v) is 3.33. The van der Waals surface area contributed by atoms with Crippen molar-refractivity contribution in [2.45, 2.75) is 45.6 Å². The van der Waals surface area contributed by atoms with E-state index in [-0.39, 0.29) is 0 Å². The smallest absolute Gasteiger partial charge is 0.0462 e. The van der Waals surface area contributed by atoms with Crippen LogP contribution in [0.25, 0.3) is 0 Å². The Kier molecular flexibility index (Phi) is 5.49. The van der Waals surface area contributed by atoms with Gasteiger partial charge in [0.05, 0.1) is 0 Å². The summed E-state index contributed by atoms with van der Waals surface area (Å²) in [7, 11) is 1.78. The zero-order chi connectivity index (χ0) is 10.4. The predicted molar refractivity (Wildman–Crippen MR) is 60.5 cm³/mol. The van der Waals surface area contributed by atoms with E-state index in [1.54, 1.807) is 7.11 Å². The molecule has 1 fully saturated rings. The highest BCUT2D eigenvalue weighted by Gasteiger charge is 2.32. The van der Waals surface area contributed by atoms with Crippen molar-refractivity contribution >= 4 is 0 Å². The lowest BCUT2D eigenvalue weighted by Crippen LogP contribution is -2.36. The van der Waals surface area contributed by atoms with Crippen molar-refractivity contribution in [2.75, 3.05) is 20.3 Å². The first-order valence-corrected chi connectivity index (χ1v) is 6.02. The fourth-order valence-electron chi connectivity index (χ4n) is 2.21. The van der Waals surface area contributed by atoms with E-state index < -0.39 is 0 Å². The first kappa shape index (κ1) is 12.0. The molecule has 2 atom stereocenters. The Morgan fingerprint density at radius 3 is 2.64 bits per heavy atom. The molecule has 0 aliphatic heterocycles. The molecule has 0 spiro atoms. The molecule has 1 saturated carbocycles. The third-order valence-electron chi connectivity index (χ3n) is 3.33. The van der Waals surface area contributed by atoms with Gasteiger partial charge in [0.2, 0.25) is 0 Å². The van der Waals surface area contributed by atoms with Crippen molar-refractivity contribution in [3.63, 3.8) is 0 Å². The second-order valence-electron chi connectivity index (χ2n) is 4.50. The fourth-order valence-corrected chi connectivity index (χ4v) is 2.21. The minimum absolute atomic E-state index is 0.711. The molecule has 0 heterocycles. The van der Waals surface area contributed by atoms with Gasteiger partial charge in [-0.2, -0.15) is 0 Å². The molecular formula is C12H25NO. The number of ether oxygens (including phenoxy) is 1. The topological polar surface area (TPSA) is 21.3 Å². The summed E-state index contributed by atoms with van der Waals surface area (Å²) < 4.78 is 5.10. The van der Waals surface area contributed by atoms with E-state index in [0.29, 0.717) is 6.04 Å². The van der Waals surface area contributed by atoms with Gasteiger partial charge < -0.3 is 10.1 Å². The maximum absolute atomic E-state index is 5.10. The first-order chi connectivity index (χ1) is 6.79. The van der Waals surface area contributed by atoms with E-state index in [1.807, 2.05) is 0 Å². The molecule has 0 bridgehead atoms. The van der Waals surface area contributed by atoms with E-state index in [1.165, 1.54) is 25.7 Å². The molecule has 0 radical (unpaired) electrons. The Labute approximate surface area is 88.4 Å². The number of methoxy groups -OCH3 is 1. The van der Waals surface area contributed by atoms with Crippen molar-refractivity contribution in [3.8, 4) is 0 Å². The molecule has 1 aliphatic carbocycles. The molecule has 2 heteroatoms. The lowest BCUT2D eigenvalue weighted by molar-refractivity contribution is 0.183. The van der Waals surface area contributed by atoms with E-state index in [2.05, 4.69) is 19.2 Å². The molecule has 1 N–H and O–H groups in total. The minimum Gasteiger partial charge on any atom is -0.385 e. The van der Waals surface area contributed by atoms with Gasteiger partial charge in [-0.25, -0.2) is 0 Å². The molecule has 84 valence electrons.